The second-order valence-corrected chi connectivity index (χ2v) is 3.78. The summed E-state index contributed by atoms with van der Waals surface area (Å²) in [6.07, 6.45) is 2.51. The zero-order valence-corrected chi connectivity index (χ0v) is 10.0. The summed E-state index contributed by atoms with van der Waals surface area (Å²) in [5.41, 5.74) is 6.02. The Morgan fingerprint density at radius 1 is 1.59 bits per heavy atom. The highest BCUT2D eigenvalue weighted by molar-refractivity contribution is 5.98. The number of aromatic hydroxyl groups is 1. The highest BCUT2D eigenvalue weighted by atomic mass is 16.3. The minimum Gasteiger partial charge on any atom is -0.505 e. The van der Waals surface area contributed by atoms with Crippen molar-refractivity contribution in [3.8, 4) is 5.75 Å². The molecule has 0 saturated heterocycles. The predicted molar refractivity (Wildman–Crippen MR) is 68.9 cm³/mol. The molecule has 0 unspecified atom stereocenters. The van der Waals surface area contributed by atoms with Crippen LogP contribution in [0.2, 0.25) is 0 Å². The Bertz CT molecular complexity index is 416. The first-order chi connectivity index (χ1) is 8.11. The molecule has 0 saturated carbocycles. The number of phenols is 1. The van der Waals surface area contributed by atoms with E-state index >= 15 is 0 Å². The van der Waals surface area contributed by atoms with E-state index in [9.17, 15) is 9.90 Å². The average molecular weight is 234 g/mol. The van der Waals surface area contributed by atoms with Crippen LogP contribution in [-0.4, -0.2) is 29.0 Å². The van der Waals surface area contributed by atoms with E-state index in [1.807, 2.05) is 6.92 Å². The summed E-state index contributed by atoms with van der Waals surface area (Å²) in [4.78, 5) is 13.8. The molecule has 0 aromatic heterocycles. The van der Waals surface area contributed by atoms with Crippen LogP contribution in [0.4, 0.5) is 5.69 Å². The van der Waals surface area contributed by atoms with Crippen molar-refractivity contribution in [1.82, 2.24) is 4.90 Å². The van der Waals surface area contributed by atoms with E-state index in [0.29, 0.717) is 13.1 Å². The van der Waals surface area contributed by atoms with Gasteiger partial charge in [0.1, 0.15) is 0 Å². The lowest BCUT2D eigenvalue weighted by Gasteiger charge is -2.21. The zero-order valence-electron chi connectivity index (χ0n) is 10.0. The molecule has 0 aliphatic rings. The van der Waals surface area contributed by atoms with Crippen molar-refractivity contribution in [2.24, 2.45) is 0 Å². The summed E-state index contributed by atoms with van der Waals surface area (Å²) in [6.45, 7) is 6.69. The molecule has 0 heterocycles. The molecule has 17 heavy (non-hydrogen) atoms. The molecule has 4 heteroatoms. The fourth-order valence-corrected chi connectivity index (χ4v) is 1.61. The number of carbonyl (C=O) groups is 1. The predicted octanol–water partition coefficient (Wildman–Crippen LogP) is 2.01. The second kappa shape index (κ2) is 5.94. The van der Waals surface area contributed by atoms with Gasteiger partial charge >= 0.3 is 0 Å². The zero-order chi connectivity index (χ0) is 12.8. The quantitative estimate of drug-likeness (QED) is 0.465. The summed E-state index contributed by atoms with van der Waals surface area (Å²) in [7, 11) is 0. The van der Waals surface area contributed by atoms with Gasteiger partial charge in [-0.1, -0.05) is 19.1 Å². The van der Waals surface area contributed by atoms with Crippen molar-refractivity contribution in [3.05, 3.63) is 36.4 Å². The van der Waals surface area contributed by atoms with Gasteiger partial charge in [0.25, 0.3) is 5.91 Å². The van der Waals surface area contributed by atoms with Gasteiger partial charge in [0.05, 0.1) is 11.3 Å². The molecule has 0 fully saturated rings. The van der Waals surface area contributed by atoms with E-state index in [4.69, 9.17) is 5.73 Å². The average Bonchev–Trinajstić information content (AvgIpc) is 2.31. The molecule has 92 valence electrons. The van der Waals surface area contributed by atoms with Gasteiger partial charge in [-0.2, -0.15) is 0 Å². The van der Waals surface area contributed by atoms with Crippen molar-refractivity contribution in [3.63, 3.8) is 0 Å². The SMILES string of the molecule is C=CCN(CCC)C(=O)c1cccc(N)c1O. The maximum Gasteiger partial charge on any atom is 0.257 e. The van der Waals surface area contributed by atoms with E-state index in [1.54, 1.807) is 29.2 Å². The third-order valence-electron chi connectivity index (χ3n) is 2.43. The Kier molecular flexibility index (Phi) is 4.57. The maximum atomic E-state index is 12.2. The molecular formula is C13H18N2O2. The van der Waals surface area contributed by atoms with Crippen molar-refractivity contribution >= 4 is 11.6 Å². The van der Waals surface area contributed by atoms with Gasteiger partial charge in [-0.15, -0.1) is 6.58 Å². The van der Waals surface area contributed by atoms with Crippen LogP contribution in [0.5, 0.6) is 5.75 Å². The lowest BCUT2D eigenvalue weighted by molar-refractivity contribution is 0.0771. The molecule has 0 spiro atoms. The minimum absolute atomic E-state index is 0.150. The molecule has 0 radical (unpaired) electrons. The first-order valence-electron chi connectivity index (χ1n) is 5.59. The molecule has 1 amide bonds. The Balaban J connectivity index is 3.00. The molecule has 1 aromatic carbocycles. The van der Waals surface area contributed by atoms with Gasteiger partial charge in [0.15, 0.2) is 5.75 Å². The van der Waals surface area contributed by atoms with Crippen LogP contribution in [0.3, 0.4) is 0 Å². The van der Waals surface area contributed by atoms with Crippen molar-refractivity contribution in [1.29, 1.82) is 0 Å². The van der Waals surface area contributed by atoms with Crippen LogP contribution in [0.1, 0.15) is 23.7 Å². The van der Waals surface area contributed by atoms with Gasteiger partial charge in [-0.05, 0) is 18.6 Å². The van der Waals surface area contributed by atoms with Crippen LogP contribution in [0, 0.1) is 0 Å². The summed E-state index contributed by atoms with van der Waals surface area (Å²) in [6, 6.07) is 4.78. The van der Waals surface area contributed by atoms with Crippen molar-refractivity contribution in [2.75, 3.05) is 18.8 Å². The molecule has 0 bridgehead atoms. The highest BCUT2D eigenvalue weighted by Crippen LogP contribution is 2.25. The Morgan fingerprint density at radius 3 is 2.88 bits per heavy atom. The smallest absolute Gasteiger partial charge is 0.257 e. The van der Waals surface area contributed by atoms with Crippen LogP contribution >= 0.6 is 0 Å². The number of nitrogen functional groups attached to an aromatic ring is 1. The maximum absolute atomic E-state index is 12.2. The van der Waals surface area contributed by atoms with Gasteiger partial charge in [-0.3, -0.25) is 4.79 Å². The van der Waals surface area contributed by atoms with Crippen molar-refractivity contribution in [2.45, 2.75) is 13.3 Å². The summed E-state index contributed by atoms with van der Waals surface area (Å²) < 4.78 is 0. The minimum atomic E-state index is -0.225. The van der Waals surface area contributed by atoms with Crippen LogP contribution < -0.4 is 5.73 Å². The number of amides is 1. The number of nitrogens with two attached hydrogens (primary N) is 1. The summed E-state index contributed by atoms with van der Waals surface area (Å²) in [5.74, 6) is -0.376. The fraction of sp³-hybridized carbons (Fsp3) is 0.308. The third-order valence-corrected chi connectivity index (χ3v) is 2.43. The number of para-hydroxylation sites is 1. The van der Waals surface area contributed by atoms with E-state index in [1.165, 1.54) is 0 Å². The van der Waals surface area contributed by atoms with E-state index < -0.39 is 0 Å². The van der Waals surface area contributed by atoms with E-state index in [2.05, 4.69) is 6.58 Å². The standard InChI is InChI=1S/C13H18N2O2/c1-3-8-15(9-4-2)13(17)10-6-5-7-11(14)12(10)16/h3,5-7,16H,1,4,8-9,14H2,2H3. The molecule has 0 atom stereocenters. The number of anilines is 1. The largest absolute Gasteiger partial charge is 0.505 e. The molecule has 1 rings (SSSR count). The van der Waals surface area contributed by atoms with Gasteiger partial charge < -0.3 is 15.7 Å². The first-order valence-corrected chi connectivity index (χ1v) is 5.59. The summed E-state index contributed by atoms with van der Waals surface area (Å²) in [5, 5.41) is 9.75. The first kappa shape index (κ1) is 13.1. The third kappa shape index (κ3) is 3.00. The normalized spacial score (nSPS) is 9.94. The Labute approximate surface area is 101 Å². The molecule has 0 aliphatic carbocycles. The molecular weight excluding hydrogens is 216 g/mol. The van der Waals surface area contributed by atoms with Crippen LogP contribution in [0.15, 0.2) is 30.9 Å². The highest BCUT2D eigenvalue weighted by Gasteiger charge is 2.18. The molecule has 0 aliphatic heterocycles. The number of hydrogen-bond acceptors (Lipinski definition) is 3. The fourth-order valence-electron chi connectivity index (χ4n) is 1.61. The van der Waals surface area contributed by atoms with Crippen LogP contribution in [-0.2, 0) is 0 Å². The number of nitrogens with zero attached hydrogens (tertiary/aromatic N) is 1. The lowest BCUT2D eigenvalue weighted by Crippen LogP contribution is -2.32. The van der Waals surface area contributed by atoms with E-state index in [0.717, 1.165) is 6.42 Å². The molecule has 4 nitrogen and oxygen atoms in total. The monoisotopic (exact) mass is 234 g/mol. The second-order valence-electron chi connectivity index (χ2n) is 3.78. The topological polar surface area (TPSA) is 66.6 Å². The van der Waals surface area contributed by atoms with Crippen molar-refractivity contribution < 1.29 is 9.90 Å². The van der Waals surface area contributed by atoms with Gasteiger partial charge in [-0.25, -0.2) is 0 Å². The van der Waals surface area contributed by atoms with E-state index in [-0.39, 0.29) is 22.9 Å². The van der Waals surface area contributed by atoms with Gasteiger partial charge in [0, 0.05) is 13.1 Å². The lowest BCUT2D eigenvalue weighted by atomic mass is 10.1. The number of rotatable bonds is 5. The summed E-state index contributed by atoms with van der Waals surface area (Å²) >= 11 is 0. The Hall–Kier alpha value is -1.97. The number of hydrogen-bond donors (Lipinski definition) is 2. The number of benzene rings is 1. The number of carbonyl (C=O) groups excluding carboxylic acids is 1. The Morgan fingerprint density at radius 2 is 2.29 bits per heavy atom. The van der Waals surface area contributed by atoms with Gasteiger partial charge in [0.2, 0.25) is 0 Å². The van der Waals surface area contributed by atoms with Crippen LogP contribution in [0.25, 0.3) is 0 Å². The number of phenolic OH excluding ortho intramolecular Hbond substituents is 1. The molecule has 3 N–H and O–H groups in total. The molecule has 1 aromatic rings.